The van der Waals surface area contributed by atoms with Crippen LogP contribution in [0.1, 0.15) is 19.4 Å². The molecule has 0 radical (unpaired) electrons. The van der Waals surface area contributed by atoms with Crippen LogP contribution >= 0.6 is 0 Å². The number of benzene rings is 1. The van der Waals surface area contributed by atoms with E-state index in [4.69, 9.17) is 15.2 Å². The van der Waals surface area contributed by atoms with Crippen molar-refractivity contribution in [1.29, 1.82) is 0 Å². The lowest BCUT2D eigenvalue weighted by molar-refractivity contribution is -0.149. The summed E-state index contributed by atoms with van der Waals surface area (Å²) in [6.07, 6.45) is -0.126. The van der Waals surface area contributed by atoms with Gasteiger partial charge in [-0.25, -0.2) is 4.79 Å². The average Bonchev–Trinajstić information content (AvgIpc) is 2.19. The van der Waals surface area contributed by atoms with Gasteiger partial charge in [0.05, 0.1) is 6.10 Å². The van der Waals surface area contributed by atoms with Gasteiger partial charge in [-0.05, 0) is 32.4 Å². The summed E-state index contributed by atoms with van der Waals surface area (Å²) in [5, 5.41) is 0. The molecule has 0 unspecified atom stereocenters. The number of ether oxygens (including phenoxy) is 2. The van der Waals surface area contributed by atoms with Gasteiger partial charge in [0.1, 0.15) is 5.75 Å². The number of anilines is 1. The molecule has 2 N–H and O–H groups in total. The maximum absolute atomic E-state index is 11.2. The van der Waals surface area contributed by atoms with E-state index in [1.54, 1.807) is 26.0 Å². The van der Waals surface area contributed by atoms with E-state index in [0.717, 1.165) is 5.56 Å². The van der Waals surface area contributed by atoms with Gasteiger partial charge in [-0.3, -0.25) is 0 Å². The summed E-state index contributed by atoms with van der Waals surface area (Å²) in [5.74, 6) is 0.193. The molecule has 88 valence electrons. The van der Waals surface area contributed by atoms with Gasteiger partial charge in [-0.15, -0.1) is 0 Å². The SMILES string of the molecule is Cc1ccc(OCC(=O)OC(C)C)cc1N. The van der Waals surface area contributed by atoms with Gasteiger partial charge in [0.15, 0.2) is 6.61 Å². The van der Waals surface area contributed by atoms with Crippen LogP contribution in [-0.2, 0) is 9.53 Å². The number of carbonyl (C=O) groups is 1. The van der Waals surface area contributed by atoms with Crippen molar-refractivity contribution in [3.05, 3.63) is 23.8 Å². The minimum atomic E-state index is -0.380. The normalized spacial score (nSPS) is 10.2. The third-order valence-electron chi connectivity index (χ3n) is 1.97. The molecule has 0 saturated carbocycles. The van der Waals surface area contributed by atoms with Crippen LogP contribution in [0.25, 0.3) is 0 Å². The zero-order valence-corrected chi connectivity index (χ0v) is 9.82. The first-order valence-electron chi connectivity index (χ1n) is 5.17. The van der Waals surface area contributed by atoms with Gasteiger partial charge in [0.25, 0.3) is 0 Å². The van der Waals surface area contributed by atoms with E-state index in [1.807, 2.05) is 13.0 Å². The number of rotatable bonds is 4. The molecule has 0 fully saturated rings. The molecule has 1 rings (SSSR count). The van der Waals surface area contributed by atoms with Crippen LogP contribution in [0.3, 0.4) is 0 Å². The number of aryl methyl sites for hydroxylation is 1. The van der Waals surface area contributed by atoms with Crippen LogP contribution in [0.5, 0.6) is 5.75 Å². The molecule has 0 aliphatic carbocycles. The second-order valence-corrected chi connectivity index (χ2v) is 3.85. The third-order valence-corrected chi connectivity index (χ3v) is 1.97. The molecule has 0 aliphatic heterocycles. The molecule has 4 heteroatoms. The maximum Gasteiger partial charge on any atom is 0.344 e. The molecule has 0 bridgehead atoms. The van der Waals surface area contributed by atoms with E-state index in [-0.39, 0.29) is 18.7 Å². The number of hydrogen-bond donors (Lipinski definition) is 1. The first-order chi connectivity index (χ1) is 7.49. The van der Waals surface area contributed by atoms with Gasteiger partial charge >= 0.3 is 5.97 Å². The fourth-order valence-corrected chi connectivity index (χ4v) is 1.15. The quantitative estimate of drug-likeness (QED) is 0.625. The molecule has 1 aromatic carbocycles. The zero-order valence-electron chi connectivity index (χ0n) is 9.82. The summed E-state index contributed by atoms with van der Waals surface area (Å²) in [7, 11) is 0. The van der Waals surface area contributed by atoms with Crippen LogP contribution in [-0.4, -0.2) is 18.7 Å². The van der Waals surface area contributed by atoms with Crippen LogP contribution < -0.4 is 10.5 Å². The second-order valence-electron chi connectivity index (χ2n) is 3.85. The highest BCUT2D eigenvalue weighted by Gasteiger charge is 2.06. The van der Waals surface area contributed by atoms with Crippen molar-refractivity contribution in [2.24, 2.45) is 0 Å². The lowest BCUT2D eigenvalue weighted by atomic mass is 10.2. The molecule has 1 aromatic rings. The van der Waals surface area contributed by atoms with Crippen molar-refractivity contribution in [2.75, 3.05) is 12.3 Å². The van der Waals surface area contributed by atoms with E-state index in [0.29, 0.717) is 11.4 Å². The lowest BCUT2D eigenvalue weighted by Gasteiger charge is -2.10. The van der Waals surface area contributed by atoms with Crippen LogP contribution in [0.4, 0.5) is 5.69 Å². The van der Waals surface area contributed by atoms with E-state index in [9.17, 15) is 4.79 Å². The fourth-order valence-electron chi connectivity index (χ4n) is 1.15. The summed E-state index contributed by atoms with van der Waals surface area (Å²) in [6, 6.07) is 5.31. The lowest BCUT2D eigenvalue weighted by Crippen LogP contribution is -2.18. The molecule has 0 amide bonds. The Kier molecular flexibility index (Phi) is 4.17. The Bertz CT molecular complexity index is 375. The van der Waals surface area contributed by atoms with Crippen molar-refractivity contribution in [1.82, 2.24) is 0 Å². The predicted molar refractivity (Wildman–Crippen MR) is 62.3 cm³/mol. The van der Waals surface area contributed by atoms with E-state index >= 15 is 0 Å². The molecule has 0 aromatic heterocycles. The Labute approximate surface area is 95.3 Å². The summed E-state index contributed by atoms with van der Waals surface area (Å²) in [6.45, 7) is 5.40. The first kappa shape index (κ1) is 12.4. The van der Waals surface area contributed by atoms with Crippen LogP contribution in [0.2, 0.25) is 0 Å². The van der Waals surface area contributed by atoms with E-state index in [1.165, 1.54) is 0 Å². The Morgan fingerprint density at radius 3 is 2.69 bits per heavy atom. The van der Waals surface area contributed by atoms with Gasteiger partial charge in [-0.1, -0.05) is 6.07 Å². The molecule has 0 atom stereocenters. The maximum atomic E-state index is 11.2. The minimum Gasteiger partial charge on any atom is -0.482 e. The zero-order chi connectivity index (χ0) is 12.1. The molecule has 0 aliphatic rings. The van der Waals surface area contributed by atoms with Crippen LogP contribution in [0.15, 0.2) is 18.2 Å². The predicted octanol–water partition coefficient (Wildman–Crippen LogP) is 1.91. The monoisotopic (exact) mass is 223 g/mol. The van der Waals surface area contributed by atoms with Gasteiger partial charge in [-0.2, -0.15) is 0 Å². The second kappa shape index (κ2) is 5.39. The number of carbonyl (C=O) groups excluding carboxylic acids is 1. The van der Waals surface area contributed by atoms with Crippen LogP contribution in [0, 0.1) is 6.92 Å². The average molecular weight is 223 g/mol. The summed E-state index contributed by atoms with van der Waals surface area (Å²) < 4.78 is 10.2. The number of esters is 1. The largest absolute Gasteiger partial charge is 0.482 e. The van der Waals surface area contributed by atoms with Gasteiger partial charge < -0.3 is 15.2 Å². The first-order valence-corrected chi connectivity index (χ1v) is 5.17. The summed E-state index contributed by atoms with van der Waals surface area (Å²) in [4.78, 5) is 11.2. The molecule has 0 saturated heterocycles. The third kappa shape index (κ3) is 3.81. The molecule has 0 heterocycles. The van der Waals surface area contributed by atoms with Crippen molar-refractivity contribution >= 4 is 11.7 Å². The molecule has 4 nitrogen and oxygen atoms in total. The molecule has 0 spiro atoms. The molecular weight excluding hydrogens is 206 g/mol. The Hall–Kier alpha value is -1.71. The van der Waals surface area contributed by atoms with Gasteiger partial charge in [0.2, 0.25) is 0 Å². The Balaban J connectivity index is 2.48. The number of nitrogen functional groups attached to an aromatic ring is 1. The van der Waals surface area contributed by atoms with E-state index < -0.39 is 0 Å². The Morgan fingerprint density at radius 1 is 1.44 bits per heavy atom. The molecular formula is C12H17NO3. The summed E-state index contributed by atoms with van der Waals surface area (Å²) in [5.41, 5.74) is 7.34. The highest BCUT2D eigenvalue weighted by atomic mass is 16.6. The Morgan fingerprint density at radius 2 is 2.12 bits per heavy atom. The minimum absolute atomic E-state index is 0.0965. The van der Waals surface area contributed by atoms with Crippen molar-refractivity contribution < 1.29 is 14.3 Å². The van der Waals surface area contributed by atoms with Crippen molar-refractivity contribution in [2.45, 2.75) is 26.9 Å². The smallest absolute Gasteiger partial charge is 0.344 e. The van der Waals surface area contributed by atoms with Crippen molar-refractivity contribution in [3.8, 4) is 5.75 Å². The highest BCUT2D eigenvalue weighted by molar-refractivity contribution is 5.71. The van der Waals surface area contributed by atoms with E-state index in [2.05, 4.69) is 0 Å². The number of hydrogen-bond acceptors (Lipinski definition) is 4. The van der Waals surface area contributed by atoms with Crippen molar-refractivity contribution in [3.63, 3.8) is 0 Å². The standard InChI is InChI=1S/C12H17NO3/c1-8(2)16-12(14)7-15-10-5-4-9(3)11(13)6-10/h4-6,8H,7,13H2,1-3H3. The number of nitrogens with two attached hydrogens (primary N) is 1. The van der Waals surface area contributed by atoms with Gasteiger partial charge in [0, 0.05) is 11.8 Å². The summed E-state index contributed by atoms with van der Waals surface area (Å²) >= 11 is 0. The molecule has 16 heavy (non-hydrogen) atoms. The topological polar surface area (TPSA) is 61.5 Å². The highest BCUT2D eigenvalue weighted by Crippen LogP contribution is 2.18. The fraction of sp³-hybridized carbons (Fsp3) is 0.417.